The molecular weight excluding hydrogens is 378 g/mol. The zero-order valence-corrected chi connectivity index (χ0v) is 17.0. The van der Waals surface area contributed by atoms with Crippen LogP contribution in [0.1, 0.15) is 16.8 Å². The third-order valence-electron chi connectivity index (χ3n) is 5.77. The number of carbonyl (C=O) groups excluding carboxylic acids is 1. The molecule has 8 nitrogen and oxygen atoms in total. The molecule has 1 saturated heterocycles. The summed E-state index contributed by atoms with van der Waals surface area (Å²) >= 11 is 0. The van der Waals surface area contributed by atoms with Gasteiger partial charge in [0, 0.05) is 30.1 Å². The van der Waals surface area contributed by atoms with Crippen LogP contribution in [0, 0.1) is 0 Å². The highest BCUT2D eigenvalue weighted by molar-refractivity contribution is 5.94. The number of likely N-dealkylation sites (tertiary alicyclic amines) is 1. The van der Waals surface area contributed by atoms with Crippen LogP contribution in [-0.2, 0) is 0 Å². The van der Waals surface area contributed by atoms with Crippen molar-refractivity contribution in [2.45, 2.75) is 12.5 Å². The van der Waals surface area contributed by atoms with Crippen LogP contribution in [0.2, 0.25) is 0 Å². The number of likely N-dealkylation sites (N-methyl/N-ethyl adjacent to an activating group) is 1. The lowest BCUT2D eigenvalue weighted by molar-refractivity contribution is 0.0783. The van der Waals surface area contributed by atoms with Gasteiger partial charge in [-0.15, -0.1) is 5.10 Å². The van der Waals surface area contributed by atoms with Gasteiger partial charge in [0.05, 0.1) is 17.4 Å². The first kappa shape index (κ1) is 18.5. The molecule has 30 heavy (non-hydrogen) atoms. The van der Waals surface area contributed by atoms with Crippen molar-refractivity contribution in [3.05, 3.63) is 60.3 Å². The second-order valence-corrected chi connectivity index (χ2v) is 7.87. The van der Waals surface area contributed by atoms with E-state index in [0.29, 0.717) is 17.3 Å². The van der Waals surface area contributed by atoms with Crippen molar-refractivity contribution in [2.75, 3.05) is 27.2 Å². The first-order valence-electron chi connectivity index (χ1n) is 10.0. The molecular formula is C22H23N7O. The maximum atomic E-state index is 12.8. The molecule has 0 radical (unpaired) electrons. The van der Waals surface area contributed by atoms with E-state index in [4.69, 9.17) is 0 Å². The van der Waals surface area contributed by atoms with Gasteiger partial charge in [0.1, 0.15) is 11.4 Å². The Balaban J connectivity index is 1.35. The van der Waals surface area contributed by atoms with Crippen LogP contribution in [0.3, 0.4) is 0 Å². The average molecular weight is 401 g/mol. The number of amides is 1. The largest absolute Gasteiger partial charge is 0.337 e. The Labute approximate surface area is 174 Å². The predicted molar refractivity (Wildman–Crippen MR) is 114 cm³/mol. The summed E-state index contributed by atoms with van der Waals surface area (Å²) in [5, 5.41) is 16.9. The Bertz CT molecular complexity index is 1190. The van der Waals surface area contributed by atoms with Crippen LogP contribution in [0.4, 0.5) is 0 Å². The summed E-state index contributed by atoms with van der Waals surface area (Å²) in [6.45, 7) is 1.57. The van der Waals surface area contributed by atoms with Crippen LogP contribution >= 0.6 is 0 Å². The van der Waals surface area contributed by atoms with Crippen molar-refractivity contribution in [3.63, 3.8) is 0 Å². The number of nitrogens with zero attached hydrogens (tertiary/aromatic N) is 6. The molecule has 8 heteroatoms. The van der Waals surface area contributed by atoms with Gasteiger partial charge in [0.2, 0.25) is 0 Å². The van der Waals surface area contributed by atoms with E-state index in [2.05, 4.69) is 39.5 Å². The number of H-pyrrole nitrogens is 1. The number of carbonyl (C=O) groups is 1. The molecule has 1 aliphatic rings. The number of hydrogen-bond acceptors (Lipinski definition) is 5. The Morgan fingerprint density at radius 3 is 2.70 bits per heavy atom. The molecule has 2 aromatic carbocycles. The fourth-order valence-corrected chi connectivity index (χ4v) is 3.94. The normalized spacial score (nSPS) is 16.6. The Morgan fingerprint density at radius 2 is 1.93 bits per heavy atom. The first-order valence-corrected chi connectivity index (χ1v) is 10.0. The summed E-state index contributed by atoms with van der Waals surface area (Å²) in [7, 11) is 4.12. The highest BCUT2D eigenvalue weighted by Gasteiger charge is 2.28. The molecule has 152 valence electrons. The fraction of sp³-hybridized carbons (Fsp3) is 0.273. The van der Waals surface area contributed by atoms with Crippen LogP contribution in [-0.4, -0.2) is 74.1 Å². The topological polar surface area (TPSA) is 82.9 Å². The zero-order chi connectivity index (χ0) is 20.7. The van der Waals surface area contributed by atoms with Crippen molar-refractivity contribution in [2.24, 2.45) is 0 Å². The van der Waals surface area contributed by atoms with E-state index >= 15 is 0 Å². The average Bonchev–Trinajstić information content (AvgIpc) is 3.52. The number of nitrogens with one attached hydrogen (secondary N) is 1. The van der Waals surface area contributed by atoms with E-state index < -0.39 is 0 Å². The monoisotopic (exact) mass is 401 g/mol. The standard InChI is InChI=1S/C22H23N7O/c1-27(2)17-11-12-28(13-17)22(30)15-7-9-16(10-8-15)29-14-20(24-26-29)21-18-5-3-4-6-19(18)23-25-21/h3-10,14,17H,11-13H2,1-2H3,(H,23,25). The molecule has 1 N–H and O–H groups in total. The molecule has 0 saturated carbocycles. The number of aromatic nitrogens is 5. The quantitative estimate of drug-likeness (QED) is 0.568. The zero-order valence-electron chi connectivity index (χ0n) is 17.0. The third-order valence-corrected chi connectivity index (χ3v) is 5.77. The van der Waals surface area contributed by atoms with Gasteiger partial charge in [-0.2, -0.15) is 5.10 Å². The number of aromatic amines is 1. The minimum atomic E-state index is 0.0770. The molecule has 0 bridgehead atoms. The molecule has 2 aromatic heterocycles. The molecule has 4 aromatic rings. The van der Waals surface area contributed by atoms with Crippen molar-refractivity contribution < 1.29 is 4.79 Å². The minimum Gasteiger partial charge on any atom is -0.337 e. The van der Waals surface area contributed by atoms with Gasteiger partial charge in [-0.25, -0.2) is 4.68 Å². The van der Waals surface area contributed by atoms with Crippen LogP contribution in [0.5, 0.6) is 0 Å². The van der Waals surface area contributed by atoms with Gasteiger partial charge in [-0.1, -0.05) is 23.4 Å². The van der Waals surface area contributed by atoms with Crippen molar-refractivity contribution in [3.8, 4) is 17.1 Å². The summed E-state index contributed by atoms with van der Waals surface area (Å²) < 4.78 is 1.70. The Kier molecular flexibility index (Phi) is 4.55. The summed E-state index contributed by atoms with van der Waals surface area (Å²) in [6, 6.07) is 15.9. The third kappa shape index (κ3) is 3.25. The smallest absolute Gasteiger partial charge is 0.253 e. The molecule has 5 rings (SSSR count). The van der Waals surface area contributed by atoms with E-state index in [-0.39, 0.29) is 5.91 Å². The second kappa shape index (κ2) is 7.38. The number of para-hydroxylation sites is 1. The van der Waals surface area contributed by atoms with Gasteiger partial charge in [0.15, 0.2) is 0 Å². The van der Waals surface area contributed by atoms with Crippen LogP contribution < -0.4 is 0 Å². The van der Waals surface area contributed by atoms with Crippen molar-refractivity contribution >= 4 is 16.8 Å². The molecule has 1 aliphatic heterocycles. The van der Waals surface area contributed by atoms with Crippen molar-refractivity contribution in [1.82, 2.24) is 35.0 Å². The lowest BCUT2D eigenvalue weighted by atomic mass is 10.1. The van der Waals surface area contributed by atoms with Crippen LogP contribution in [0.15, 0.2) is 54.7 Å². The molecule has 0 aliphatic carbocycles. The number of benzene rings is 2. The summed E-state index contributed by atoms with van der Waals surface area (Å²) in [6.07, 6.45) is 2.86. The van der Waals surface area contributed by atoms with Crippen LogP contribution in [0.25, 0.3) is 28.0 Å². The van der Waals surface area contributed by atoms with E-state index in [1.165, 1.54) is 0 Å². The predicted octanol–water partition coefficient (Wildman–Crippen LogP) is 2.59. The summed E-state index contributed by atoms with van der Waals surface area (Å²) in [4.78, 5) is 16.9. The summed E-state index contributed by atoms with van der Waals surface area (Å²) in [5.74, 6) is 0.0770. The van der Waals surface area contributed by atoms with Gasteiger partial charge >= 0.3 is 0 Å². The molecule has 1 unspecified atom stereocenters. The number of hydrogen-bond donors (Lipinski definition) is 1. The Hall–Kier alpha value is -3.52. The molecule has 0 spiro atoms. The van der Waals surface area contributed by atoms with Gasteiger partial charge in [-0.05, 0) is 50.8 Å². The molecule has 1 fully saturated rings. The summed E-state index contributed by atoms with van der Waals surface area (Å²) in [5.41, 5.74) is 3.96. The van der Waals surface area contributed by atoms with Gasteiger partial charge in [-0.3, -0.25) is 9.89 Å². The van der Waals surface area contributed by atoms with E-state index in [1.54, 1.807) is 4.68 Å². The number of rotatable bonds is 4. The molecule has 1 atom stereocenters. The van der Waals surface area contributed by atoms with Crippen molar-refractivity contribution in [1.29, 1.82) is 0 Å². The maximum Gasteiger partial charge on any atom is 0.253 e. The van der Waals surface area contributed by atoms with Gasteiger partial charge < -0.3 is 9.80 Å². The number of fused-ring (bicyclic) bond motifs is 1. The lowest BCUT2D eigenvalue weighted by Crippen LogP contribution is -2.34. The highest BCUT2D eigenvalue weighted by atomic mass is 16.2. The minimum absolute atomic E-state index is 0.0770. The van der Waals surface area contributed by atoms with Gasteiger partial charge in [0.25, 0.3) is 5.91 Å². The molecule has 1 amide bonds. The molecule has 3 heterocycles. The lowest BCUT2D eigenvalue weighted by Gasteiger charge is -2.20. The Morgan fingerprint density at radius 1 is 1.13 bits per heavy atom. The van der Waals surface area contributed by atoms with E-state index in [9.17, 15) is 4.79 Å². The first-order chi connectivity index (χ1) is 14.6. The van der Waals surface area contributed by atoms with E-state index in [0.717, 1.165) is 41.8 Å². The van der Waals surface area contributed by atoms with E-state index in [1.807, 2.05) is 59.6 Å². The SMILES string of the molecule is CN(C)C1CCN(C(=O)c2ccc(-n3cc(-c4n[nH]c5ccccc45)nn3)cc2)C1. The maximum absolute atomic E-state index is 12.8. The second-order valence-electron chi connectivity index (χ2n) is 7.87. The fourth-order valence-electron chi connectivity index (χ4n) is 3.94. The highest BCUT2D eigenvalue weighted by Crippen LogP contribution is 2.25.